The quantitative estimate of drug-likeness (QED) is 0.678. The fourth-order valence-electron chi connectivity index (χ4n) is 2.90. The van der Waals surface area contributed by atoms with Crippen LogP contribution in [0.4, 0.5) is 0 Å². The summed E-state index contributed by atoms with van der Waals surface area (Å²) >= 11 is 0. The minimum Gasteiger partial charge on any atom is -0.330 e. The summed E-state index contributed by atoms with van der Waals surface area (Å²) < 4.78 is 28.5. The van der Waals surface area contributed by atoms with Crippen LogP contribution in [-0.4, -0.2) is 35.4 Å². The van der Waals surface area contributed by atoms with Gasteiger partial charge in [-0.1, -0.05) is 24.3 Å². The zero-order valence-corrected chi connectivity index (χ0v) is 17.0. The lowest BCUT2D eigenvalue weighted by atomic mass is 10.2. The number of aryl methyl sites for hydroxylation is 1. The molecular formula is C20H26N4O2S. The molecule has 0 atom stereocenters. The van der Waals surface area contributed by atoms with Gasteiger partial charge in [-0.2, -0.15) is 4.31 Å². The molecule has 0 unspecified atom stereocenters. The summed E-state index contributed by atoms with van der Waals surface area (Å²) in [4.78, 5) is 4.96. The van der Waals surface area contributed by atoms with Crippen molar-refractivity contribution >= 4 is 21.1 Å². The molecule has 1 aromatic heterocycles. The van der Waals surface area contributed by atoms with Gasteiger partial charge in [-0.15, -0.1) is 0 Å². The Bertz CT molecular complexity index is 1020. The minimum atomic E-state index is -3.44. The number of benzene rings is 2. The van der Waals surface area contributed by atoms with E-state index < -0.39 is 10.0 Å². The lowest BCUT2D eigenvalue weighted by molar-refractivity contribution is 0.410. The van der Waals surface area contributed by atoms with Crippen molar-refractivity contribution in [3.05, 3.63) is 59.9 Å². The van der Waals surface area contributed by atoms with Crippen LogP contribution in [0.2, 0.25) is 0 Å². The largest absolute Gasteiger partial charge is 0.330 e. The van der Waals surface area contributed by atoms with Crippen molar-refractivity contribution in [2.45, 2.75) is 37.9 Å². The summed E-state index contributed by atoms with van der Waals surface area (Å²) in [5, 5.41) is 3.38. The normalized spacial score (nSPS) is 12.4. The molecule has 7 heteroatoms. The van der Waals surface area contributed by atoms with Crippen molar-refractivity contribution in [2.75, 3.05) is 7.05 Å². The number of aromatic nitrogens is 2. The van der Waals surface area contributed by atoms with Gasteiger partial charge in [0, 0.05) is 26.7 Å². The van der Waals surface area contributed by atoms with Gasteiger partial charge in [0.25, 0.3) is 0 Å². The van der Waals surface area contributed by atoms with Crippen molar-refractivity contribution in [1.82, 2.24) is 19.2 Å². The van der Waals surface area contributed by atoms with Crippen LogP contribution in [0, 0.1) is 0 Å². The molecule has 0 aliphatic rings. The molecule has 6 nitrogen and oxygen atoms in total. The molecule has 0 aliphatic heterocycles. The van der Waals surface area contributed by atoms with Gasteiger partial charge in [0.1, 0.15) is 5.82 Å². The predicted molar refractivity (Wildman–Crippen MR) is 108 cm³/mol. The smallest absolute Gasteiger partial charge is 0.243 e. The van der Waals surface area contributed by atoms with E-state index in [-0.39, 0.29) is 6.04 Å². The second-order valence-electron chi connectivity index (χ2n) is 6.94. The van der Waals surface area contributed by atoms with Crippen LogP contribution < -0.4 is 5.32 Å². The molecular weight excluding hydrogens is 360 g/mol. The number of imidazole rings is 1. The number of para-hydroxylation sites is 2. The van der Waals surface area contributed by atoms with Gasteiger partial charge in [0.15, 0.2) is 0 Å². The maximum atomic E-state index is 12.5. The number of fused-ring (bicyclic) bond motifs is 1. The van der Waals surface area contributed by atoms with Gasteiger partial charge in [-0.3, -0.25) is 0 Å². The zero-order valence-electron chi connectivity index (χ0n) is 16.2. The number of nitrogens with one attached hydrogen (secondary N) is 1. The summed E-state index contributed by atoms with van der Waals surface area (Å²) in [6.45, 7) is 5.00. The maximum Gasteiger partial charge on any atom is 0.243 e. The molecule has 0 radical (unpaired) electrons. The number of rotatable bonds is 7. The van der Waals surface area contributed by atoms with E-state index in [1.807, 2.05) is 51.2 Å². The molecule has 1 N–H and O–H groups in total. The molecule has 2 aromatic carbocycles. The Balaban J connectivity index is 1.64. The molecule has 0 spiro atoms. The van der Waals surface area contributed by atoms with Crippen LogP contribution in [0.3, 0.4) is 0 Å². The second-order valence-corrected chi connectivity index (χ2v) is 8.94. The Morgan fingerprint density at radius 2 is 1.74 bits per heavy atom. The Morgan fingerprint density at radius 1 is 1.07 bits per heavy atom. The highest BCUT2D eigenvalue weighted by Crippen LogP contribution is 2.17. The summed E-state index contributed by atoms with van der Waals surface area (Å²) in [7, 11) is 0.175. The molecule has 27 heavy (non-hydrogen) atoms. The van der Waals surface area contributed by atoms with Crippen molar-refractivity contribution in [3.63, 3.8) is 0 Å². The molecule has 0 bridgehead atoms. The fraction of sp³-hybridized carbons (Fsp3) is 0.350. The third-order valence-corrected chi connectivity index (χ3v) is 6.87. The van der Waals surface area contributed by atoms with Gasteiger partial charge in [0.2, 0.25) is 10.0 Å². The van der Waals surface area contributed by atoms with E-state index in [0.717, 1.165) is 22.4 Å². The van der Waals surface area contributed by atoms with Crippen LogP contribution in [0.15, 0.2) is 53.4 Å². The van der Waals surface area contributed by atoms with Gasteiger partial charge >= 0.3 is 0 Å². The third kappa shape index (κ3) is 4.05. The van der Waals surface area contributed by atoms with E-state index in [0.29, 0.717) is 18.0 Å². The predicted octanol–water partition coefficient (Wildman–Crippen LogP) is 2.89. The highest BCUT2D eigenvalue weighted by molar-refractivity contribution is 7.89. The second kappa shape index (κ2) is 7.80. The Morgan fingerprint density at radius 3 is 2.37 bits per heavy atom. The highest BCUT2D eigenvalue weighted by atomic mass is 32.2. The number of sulfonamides is 1. The third-order valence-electron chi connectivity index (χ3n) is 4.82. The Labute approximate surface area is 160 Å². The first kappa shape index (κ1) is 19.5. The number of hydrogen-bond acceptors (Lipinski definition) is 4. The van der Waals surface area contributed by atoms with Crippen molar-refractivity contribution in [1.29, 1.82) is 0 Å². The van der Waals surface area contributed by atoms with E-state index in [1.165, 1.54) is 4.31 Å². The Hall–Kier alpha value is -2.22. The van der Waals surface area contributed by atoms with E-state index >= 15 is 0 Å². The van der Waals surface area contributed by atoms with Crippen LogP contribution in [0.1, 0.15) is 25.2 Å². The fourth-order valence-corrected chi connectivity index (χ4v) is 4.26. The van der Waals surface area contributed by atoms with Crippen molar-refractivity contribution in [2.24, 2.45) is 7.05 Å². The van der Waals surface area contributed by atoms with Crippen LogP contribution in [0.25, 0.3) is 11.0 Å². The SMILES string of the molecule is CC(C)N(C)S(=O)(=O)c1ccc(CNCc2nc3ccccc3n2C)cc1. The van der Waals surface area contributed by atoms with Crippen LogP contribution >= 0.6 is 0 Å². The molecule has 0 aliphatic carbocycles. The average Bonchev–Trinajstić information content (AvgIpc) is 2.97. The zero-order chi connectivity index (χ0) is 19.6. The topological polar surface area (TPSA) is 67.2 Å². The molecule has 3 aromatic rings. The average molecular weight is 387 g/mol. The van der Waals surface area contributed by atoms with E-state index in [4.69, 9.17) is 0 Å². The number of nitrogens with zero attached hydrogens (tertiary/aromatic N) is 3. The molecule has 0 amide bonds. The monoisotopic (exact) mass is 386 g/mol. The molecule has 1 heterocycles. The standard InChI is InChI=1S/C20H26N4O2S/c1-15(2)24(4)27(25,26)17-11-9-16(10-12-17)13-21-14-20-22-18-7-5-6-8-19(18)23(20)3/h5-12,15,21H,13-14H2,1-4H3. The van der Waals surface area contributed by atoms with Gasteiger partial charge < -0.3 is 9.88 Å². The molecule has 0 saturated heterocycles. The molecule has 0 saturated carbocycles. The lowest BCUT2D eigenvalue weighted by Crippen LogP contribution is -2.33. The molecule has 3 rings (SSSR count). The summed E-state index contributed by atoms with van der Waals surface area (Å²) in [6.07, 6.45) is 0. The van der Waals surface area contributed by atoms with Gasteiger partial charge in [-0.25, -0.2) is 13.4 Å². The summed E-state index contributed by atoms with van der Waals surface area (Å²) in [5.41, 5.74) is 3.12. The summed E-state index contributed by atoms with van der Waals surface area (Å²) in [6, 6.07) is 15.0. The highest BCUT2D eigenvalue weighted by Gasteiger charge is 2.22. The first-order valence-electron chi connectivity index (χ1n) is 8.98. The van der Waals surface area contributed by atoms with Crippen LogP contribution in [-0.2, 0) is 30.2 Å². The van der Waals surface area contributed by atoms with Gasteiger partial charge in [-0.05, 0) is 43.7 Å². The lowest BCUT2D eigenvalue weighted by Gasteiger charge is -2.21. The molecule has 0 fully saturated rings. The Kier molecular flexibility index (Phi) is 5.64. The van der Waals surface area contributed by atoms with E-state index in [2.05, 4.69) is 20.9 Å². The minimum absolute atomic E-state index is 0.0790. The van der Waals surface area contributed by atoms with Crippen molar-refractivity contribution < 1.29 is 8.42 Å². The maximum absolute atomic E-state index is 12.5. The van der Waals surface area contributed by atoms with Crippen LogP contribution in [0.5, 0.6) is 0 Å². The van der Waals surface area contributed by atoms with E-state index in [1.54, 1.807) is 19.2 Å². The first-order valence-corrected chi connectivity index (χ1v) is 10.4. The van der Waals surface area contributed by atoms with E-state index in [9.17, 15) is 8.42 Å². The van der Waals surface area contributed by atoms with Crippen molar-refractivity contribution in [3.8, 4) is 0 Å². The summed E-state index contributed by atoms with van der Waals surface area (Å²) in [5.74, 6) is 0.967. The van der Waals surface area contributed by atoms with Gasteiger partial charge in [0.05, 0.1) is 22.5 Å². The first-order chi connectivity index (χ1) is 12.8. The molecule has 144 valence electrons. The number of hydrogen-bond donors (Lipinski definition) is 1.